The predicted molar refractivity (Wildman–Crippen MR) is 125 cm³/mol. The van der Waals surface area contributed by atoms with Gasteiger partial charge in [-0.3, -0.25) is 4.79 Å². The summed E-state index contributed by atoms with van der Waals surface area (Å²) in [6.45, 7) is 4.89. The van der Waals surface area contributed by atoms with Crippen molar-refractivity contribution in [2.75, 3.05) is 6.61 Å². The van der Waals surface area contributed by atoms with Gasteiger partial charge in [-0.25, -0.2) is 0 Å². The number of amides is 1. The number of phenols is 1. The van der Waals surface area contributed by atoms with Crippen LogP contribution in [0.2, 0.25) is 0 Å². The summed E-state index contributed by atoms with van der Waals surface area (Å²) in [4.78, 5) is 15.3. The molecular formula is C25H28N3O6+. The van der Waals surface area contributed by atoms with Gasteiger partial charge in [0.1, 0.15) is 30.1 Å². The molecule has 1 amide bonds. The van der Waals surface area contributed by atoms with Gasteiger partial charge >= 0.3 is 0 Å². The summed E-state index contributed by atoms with van der Waals surface area (Å²) in [5, 5.41) is 47.3. The van der Waals surface area contributed by atoms with E-state index in [1.54, 1.807) is 22.9 Å². The first kappa shape index (κ1) is 22.5. The topological polar surface area (TPSA) is 139 Å². The zero-order valence-electron chi connectivity index (χ0n) is 19.1. The van der Waals surface area contributed by atoms with Gasteiger partial charge < -0.3 is 35.5 Å². The van der Waals surface area contributed by atoms with Crippen LogP contribution >= 0.6 is 0 Å². The van der Waals surface area contributed by atoms with E-state index in [0.717, 1.165) is 43.7 Å². The Balaban J connectivity index is 1.71. The fraction of sp³-hybridized carbons (Fsp3) is 0.360. The number of nitrogens with zero attached hydrogens (tertiary/aromatic N) is 1. The Morgan fingerprint density at radius 2 is 1.88 bits per heavy atom. The van der Waals surface area contributed by atoms with E-state index in [9.17, 15) is 25.2 Å². The molecule has 0 spiro atoms. The Hall–Kier alpha value is -3.24. The maximum Gasteiger partial charge on any atom is 0.286 e. The molecule has 5 rings (SSSR count). The monoisotopic (exact) mass is 466 g/mol. The van der Waals surface area contributed by atoms with Crippen LogP contribution in [0.15, 0.2) is 36.7 Å². The maximum absolute atomic E-state index is 11.8. The summed E-state index contributed by atoms with van der Waals surface area (Å²) in [6, 6.07) is 6.26. The molecule has 0 bridgehead atoms. The Morgan fingerprint density at radius 3 is 2.59 bits per heavy atom. The summed E-state index contributed by atoms with van der Waals surface area (Å²) < 4.78 is 7.69. The third kappa shape index (κ3) is 3.40. The van der Waals surface area contributed by atoms with Crippen LogP contribution in [-0.4, -0.2) is 62.3 Å². The number of H-pyrrole nitrogens is 1. The van der Waals surface area contributed by atoms with Crippen molar-refractivity contribution in [3.8, 4) is 5.75 Å². The second kappa shape index (κ2) is 8.21. The second-order valence-corrected chi connectivity index (χ2v) is 9.03. The fourth-order valence-corrected chi connectivity index (χ4v) is 5.16. The number of nitrogens with one attached hydrogen (secondary N) is 2. The average Bonchev–Trinajstić information content (AvgIpc) is 3.19. The Labute approximate surface area is 195 Å². The molecule has 2 aromatic heterocycles. The molecule has 34 heavy (non-hydrogen) atoms. The number of aromatic amines is 1. The summed E-state index contributed by atoms with van der Waals surface area (Å²) in [5.74, 6) is -0.189. The molecule has 0 aliphatic carbocycles. The highest BCUT2D eigenvalue weighted by Gasteiger charge is 2.49. The first-order chi connectivity index (χ1) is 16.2. The first-order valence-corrected chi connectivity index (χ1v) is 11.2. The van der Waals surface area contributed by atoms with Crippen molar-refractivity contribution in [3.63, 3.8) is 0 Å². The lowest BCUT2D eigenvalue weighted by atomic mass is 9.94. The van der Waals surface area contributed by atoms with E-state index in [-0.39, 0.29) is 11.7 Å². The molecule has 9 heteroatoms. The number of pyridine rings is 1. The summed E-state index contributed by atoms with van der Waals surface area (Å²) in [5.41, 5.74) is 3.96. The first-order valence-electron chi connectivity index (χ1n) is 11.2. The number of ether oxygens (including phenoxy) is 1. The minimum atomic E-state index is -1.35. The van der Waals surface area contributed by atoms with Crippen molar-refractivity contribution in [1.29, 1.82) is 0 Å². The van der Waals surface area contributed by atoms with E-state index in [0.29, 0.717) is 0 Å². The van der Waals surface area contributed by atoms with Crippen LogP contribution in [0.5, 0.6) is 5.75 Å². The summed E-state index contributed by atoms with van der Waals surface area (Å²) in [6.07, 6.45) is -0.849. The molecule has 3 heterocycles. The van der Waals surface area contributed by atoms with Gasteiger partial charge in [0, 0.05) is 34.7 Å². The summed E-state index contributed by atoms with van der Waals surface area (Å²) >= 11 is 0. The van der Waals surface area contributed by atoms with E-state index in [4.69, 9.17) is 4.74 Å². The van der Waals surface area contributed by atoms with Crippen LogP contribution in [-0.2, 0) is 9.53 Å². The normalized spacial score (nSPS) is 25.3. The molecule has 5 atom stereocenters. The lowest BCUT2D eigenvalue weighted by Gasteiger charge is -2.39. The molecule has 1 aliphatic heterocycles. The van der Waals surface area contributed by atoms with Gasteiger partial charge in [-0.1, -0.05) is 0 Å². The highest BCUT2D eigenvalue weighted by atomic mass is 16.5. The number of phenolic OH excluding ortho intramolecular Hbond substituents is 1. The smallest absolute Gasteiger partial charge is 0.286 e. The summed E-state index contributed by atoms with van der Waals surface area (Å²) in [7, 11) is 0. The van der Waals surface area contributed by atoms with Crippen molar-refractivity contribution in [1.82, 2.24) is 10.3 Å². The van der Waals surface area contributed by atoms with Crippen LogP contribution < -0.4 is 9.88 Å². The van der Waals surface area contributed by atoms with Gasteiger partial charge in [-0.05, 0) is 48.6 Å². The lowest BCUT2D eigenvalue weighted by Crippen LogP contribution is -2.67. The molecule has 2 aromatic carbocycles. The standard InChI is InChI=1S/C25H27N3O6/c1-11-17-9-28(25-22(26-13(3)30)24(33)23(32)19(10-29)34-25)7-6-15(17)12(2)21-20(11)16-8-14(31)4-5-18(16)27-21/h4-9,19,22-25,29,32-33H,10H2,1-3H3,(H2,26,30,31)/p+1. The molecule has 9 nitrogen and oxygen atoms in total. The third-order valence-electron chi connectivity index (χ3n) is 6.89. The molecule has 1 saturated heterocycles. The van der Waals surface area contributed by atoms with Gasteiger partial charge in [-0.15, -0.1) is 0 Å². The second-order valence-electron chi connectivity index (χ2n) is 9.03. The van der Waals surface area contributed by atoms with Gasteiger partial charge in [0.05, 0.1) is 12.1 Å². The maximum atomic E-state index is 11.8. The molecule has 0 radical (unpaired) electrons. The zero-order valence-corrected chi connectivity index (χ0v) is 19.1. The number of benzene rings is 2. The van der Waals surface area contributed by atoms with Gasteiger partial charge in [0.15, 0.2) is 12.4 Å². The van der Waals surface area contributed by atoms with Gasteiger partial charge in [0.2, 0.25) is 5.91 Å². The van der Waals surface area contributed by atoms with Crippen molar-refractivity contribution in [2.45, 2.75) is 51.4 Å². The van der Waals surface area contributed by atoms with Crippen molar-refractivity contribution in [3.05, 3.63) is 47.8 Å². The largest absolute Gasteiger partial charge is 0.508 e. The minimum absolute atomic E-state index is 0.185. The van der Waals surface area contributed by atoms with Gasteiger partial charge in [-0.2, -0.15) is 4.57 Å². The van der Waals surface area contributed by atoms with E-state index < -0.39 is 37.2 Å². The van der Waals surface area contributed by atoms with E-state index in [2.05, 4.69) is 10.3 Å². The molecule has 6 N–H and O–H groups in total. The number of carbonyl (C=O) groups excluding carboxylic acids is 1. The van der Waals surface area contributed by atoms with Crippen molar-refractivity contribution >= 4 is 38.5 Å². The molecule has 1 aliphatic rings. The van der Waals surface area contributed by atoms with E-state index >= 15 is 0 Å². The molecular weight excluding hydrogens is 438 g/mol. The quantitative estimate of drug-likeness (QED) is 0.251. The number of aryl methyl sites for hydroxylation is 2. The number of aliphatic hydroxyl groups excluding tert-OH is 3. The van der Waals surface area contributed by atoms with Crippen LogP contribution in [0, 0.1) is 13.8 Å². The number of aromatic nitrogens is 2. The number of rotatable bonds is 3. The highest BCUT2D eigenvalue weighted by molar-refractivity contribution is 6.16. The SMILES string of the molecule is CC(=O)NC1C(O)C(O)C(CO)OC1[n+]1ccc2c(C)c3[nH]c4ccc(O)cc4c3c(C)c2c1. The van der Waals surface area contributed by atoms with Gasteiger partial charge in [0.25, 0.3) is 6.23 Å². The fourth-order valence-electron chi connectivity index (χ4n) is 5.16. The predicted octanol–water partition coefficient (Wildman–Crippen LogP) is 1.20. The van der Waals surface area contributed by atoms with E-state index in [1.807, 2.05) is 32.2 Å². The van der Waals surface area contributed by atoms with Crippen LogP contribution in [0.1, 0.15) is 24.3 Å². The van der Waals surface area contributed by atoms with Crippen LogP contribution in [0.4, 0.5) is 0 Å². The zero-order chi connectivity index (χ0) is 24.3. The molecule has 4 aromatic rings. The van der Waals surface area contributed by atoms with Crippen molar-refractivity contribution in [2.24, 2.45) is 0 Å². The van der Waals surface area contributed by atoms with E-state index in [1.165, 1.54) is 6.92 Å². The Morgan fingerprint density at radius 1 is 1.12 bits per heavy atom. The number of aliphatic hydroxyl groups is 3. The third-order valence-corrected chi connectivity index (χ3v) is 6.89. The number of hydrogen-bond donors (Lipinski definition) is 6. The number of carbonyl (C=O) groups is 1. The Kier molecular flexibility index (Phi) is 5.44. The molecule has 178 valence electrons. The number of fused-ring (bicyclic) bond motifs is 4. The Bertz CT molecular complexity index is 1430. The van der Waals surface area contributed by atoms with Crippen molar-refractivity contribution < 1.29 is 34.5 Å². The number of hydrogen-bond acceptors (Lipinski definition) is 6. The minimum Gasteiger partial charge on any atom is -0.508 e. The van der Waals surface area contributed by atoms with Crippen LogP contribution in [0.3, 0.4) is 0 Å². The number of aromatic hydroxyl groups is 1. The average molecular weight is 467 g/mol. The molecule has 1 fully saturated rings. The lowest BCUT2D eigenvalue weighted by molar-refractivity contribution is -0.771. The molecule has 5 unspecified atom stereocenters. The van der Waals surface area contributed by atoms with Crippen LogP contribution in [0.25, 0.3) is 32.6 Å². The molecule has 0 saturated carbocycles. The highest BCUT2D eigenvalue weighted by Crippen LogP contribution is 2.37.